The van der Waals surface area contributed by atoms with Crippen LogP contribution in [0.5, 0.6) is 0 Å². The Bertz CT molecular complexity index is 284. The molecule has 0 heterocycles. The van der Waals surface area contributed by atoms with Gasteiger partial charge in [0.25, 0.3) is 0 Å². The molecule has 1 fully saturated rings. The number of sulfonamides is 1. The minimum atomic E-state index is -3.06. The molecule has 0 aromatic heterocycles. The van der Waals surface area contributed by atoms with Crippen LogP contribution in [0.4, 0.5) is 0 Å². The van der Waals surface area contributed by atoms with Crippen molar-refractivity contribution >= 4 is 10.0 Å². The van der Waals surface area contributed by atoms with E-state index in [9.17, 15) is 8.42 Å². The highest BCUT2D eigenvalue weighted by Crippen LogP contribution is 2.47. The number of unbranched alkanes of at least 4 members (excludes halogenated alkanes) is 1. The summed E-state index contributed by atoms with van der Waals surface area (Å²) < 4.78 is 25.8. The number of hydrogen-bond donors (Lipinski definition) is 2. The zero-order valence-corrected chi connectivity index (χ0v) is 10.3. The number of nitrogens with one attached hydrogen (secondary N) is 1. The first-order chi connectivity index (χ1) is 7.04. The second-order valence-electron chi connectivity index (χ2n) is 4.49. The van der Waals surface area contributed by atoms with E-state index in [0.29, 0.717) is 19.5 Å². The molecule has 0 bridgehead atoms. The zero-order valence-electron chi connectivity index (χ0n) is 9.46. The van der Waals surface area contributed by atoms with E-state index in [4.69, 9.17) is 5.73 Å². The molecule has 90 valence electrons. The van der Waals surface area contributed by atoms with E-state index in [-0.39, 0.29) is 11.2 Å². The molecule has 1 aliphatic carbocycles. The zero-order chi connectivity index (χ0) is 11.4. The third-order valence-corrected chi connectivity index (χ3v) is 4.65. The van der Waals surface area contributed by atoms with Crippen molar-refractivity contribution < 1.29 is 8.42 Å². The molecular weight excluding hydrogens is 212 g/mol. The maximum absolute atomic E-state index is 11.5. The molecule has 3 N–H and O–H groups in total. The fourth-order valence-electron chi connectivity index (χ4n) is 1.60. The standard InChI is InChI=1S/C10H22N2O2S/c1-2-10(5-6-10)9-12-15(13,14)8-4-3-7-11/h12H,2-9,11H2,1H3. The first-order valence-electron chi connectivity index (χ1n) is 5.71. The Hall–Kier alpha value is -0.130. The normalized spacial score (nSPS) is 19.1. The Labute approximate surface area is 92.7 Å². The molecule has 0 atom stereocenters. The third-order valence-electron chi connectivity index (χ3n) is 3.24. The van der Waals surface area contributed by atoms with Crippen LogP contribution in [0.3, 0.4) is 0 Å². The summed E-state index contributed by atoms with van der Waals surface area (Å²) in [7, 11) is -3.06. The average molecular weight is 234 g/mol. The third kappa shape index (κ3) is 4.49. The highest BCUT2D eigenvalue weighted by Gasteiger charge is 2.40. The quantitative estimate of drug-likeness (QED) is 0.611. The molecule has 0 saturated heterocycles. The van der Waals surface area contributed by atoms with E-state index in [1.165, 1.54) is 0 Å². The van der Waals surface area contributed by atoms with Gasteiger partial charge in [0.15, 0.2) is 0 Å². The van der Waals surface area contributed by atoms with E-state index in [0.717, 1.165) is 25.7 Å². The predicted octanol–water partition coefficient (Wildman–Crippen LogP) is 0.835. The lowest BCUT2D eigenvalue weighted by atomic mass is 10.1. The summed E-state index contributed by atoms with van der Waals surface area (Å²) in [6.07, 6.45) is 4.83. The van der Waals surface area contributed by atoms with Gasteiger partial charge in [-0.05, 0) is 44.1 Å². The Morgan fingerprint density at radius 1 is 1.33 bits per heavy atom. The van der Waals surface area contributed by atoms with Gasteiger partial charge < -0.3 is 5.73 Å². The van der Waals surface area contributed by atoms with E-state index in [1.54, 1.807) is 0 Å². The number of rotatable bonds is 8. The molecule has 4 nitrogen and oxygen atoms in total. The van der Waals surface area contributed by atoms with Crippen molar-refractivity contribution in [3.05, 3.63) is 0 Å². The lowest BCUT2D eigenvalue weighted by Gasteiger charge is -2.13. The van der Waals surface area contributed by atoms with E-state index < -0.39 is 10.0 Å². The monoisotopic (exact) mass is 234 g/mol. The SMILES string of the molecule is CCC1(CNS(=O)(=O)CCCCN)CC1. The summed E-state index contributed by atoms with van der Waals surface area (Å²) in [4.78, 5) is 0. The van der Waals surface area contributed by atoms with Gasteiger partial charge in [0.1, 0.15) is 0 Å². The highest BCUT2D eigenvalue weighted by molar-refractivity contribution is 7.89. The first-order valence-corrected chi connectivity index (χ1v) is 7.36. The molecule has 0 aromatic rings. The van der Waals surface area contributed by atoms with E-state index >= 15 is 0 Å². The van der Waals surface area contributed by atoms with Crippen LogP contribution < -0.4 is 10.5 Å². The largest absolute Gasteiger partial charge is 0.330 e. The lowest BCUT2D eigenvalue weighted by Crippen LogP contribution is -2.32. The molecule has 0 unspecified atom stereocenters. The Morgan fingerprint density at radius 3 is 2.47 bits per heavy atom. The molecule has 1 aliphatic rings. The lowest BCUT2D eigenvalue weighted by molar-refractivity contribution is 0.475. The van der Waals surface area contributed by atoms with Crippen LogP contribution in [0.1, 0.15) is 39.0 Å². The van der Waals surface area contributed by atoms with E-state index in [2.05, 4.69) is 11.6 Å². The van der Waals surface area contributed by atoms with Crippen molar-refractivity contribution in [1.82, 2.24) is 4.72 Å². The summed E-state index contributed by atoms with van der Waals surface area (Å²) in [5, 5.41) is 0. The van der Waals surface area contributed by atoms with Crippen molar-refractivity contribution in [1.29, 1.82) is 0 Å². The van der Waals surface area contributed by atoms with Gasteiger partial charge in [-0.2, -0.15) is 0 Å². The highest BCUT2D eigenvalue weighted by atomic mass is 32.2. The van der Waals surface area contributed by atoms with Gasteiger partial charge in [-0.15, -0.1) is 0 Å². The van der Waals surface area contributed by atoms with Crippen LogP contribution in [0, 0.1) is 5.41 Å². The number of nitrogens with two attached hydrogens (primary N) is 1. The molecule has 0 spiro atoms. The van der Waals surface area contributed by atoms with Crippen LogP contribution in [-0.2, 0) is 10.0 Å². The minimum Gasteiger partial charge on any atom is -0.330 e. The summed E-state index contributed by atoms with van der Waals surface area (Å²) in [5.41, 5.74) is 5.60. The smallest absolute Gasteiger partial charge is 0.211 e. The second-order valence-corrected chi connectivity index (χ2v) is 6.42. The fourth-order valence-corrected chi connectivity index (χ4v) is 2.86. The van der Waals surface area contributed by atoms with Gasteiger partial charge in [0, 0.05) is 6.54 Å². The molecule has 1 saturated carbocycles. The molecular formula is C10H22N2O2S. The Balaban J connectivity index is 2.24. The molecule has 5 heteroatoms. The fraction of sp³-hybridized carbons (Fsp3) is 1.00. The van der Waals surface area contributed by atoms with Crippen LogP contribution in [0.2, 0.25) is 0 Å². The summed E-state index contributed by atoms with van der Waals surface area (Å²) in [6, 6.07) is 0. The van der Waals surface area contributed by atoms with Crippen molar-refractivity contribution in [3.8, 4) is 0 Å². The number of hydrogen-bond acceptors (Lipinski definition) is 3. The molecule has 0 radical (unpaired) electrons. The summed E-state index contributed by atoms with van der Waals surface area (Å²) >= 11 is 0. The molecule has 0 aromatic carbocycles. The van der Waals surface area contributed by atoms with Gasteiger partial charge in [0.2, 0.25) is 10.0 Å². The van der Waals surface area contributed by atoms with Crippen LogP contribution in [-0.4, -0.2) is 27.3 Å². The molecule has 1 rings (SSSR count). The second kappa shape index (κ2) is 5.27. The van der Waals surface area contributed by atoms with Crippen LogP contribution in [0.25, 0.3) is 0 Å². The van der Waals surface area contributed by atoms with Gasteiger partial charge in [0.05, 0.1) is 5.75 Å². The van der Waals surface area contributed by atoms with Crippen molar-refractivity contribution in [2.75, 3.05) is 18.8 Å². The van der Waals surface area contributed by atoms with Crippen molar-refractivity contribution in [2.24, 2.45) is 11.1 Å². The maximum atomic E-state index is 11.5. The maximum Gasteiger partial charge on any atom is 0.211 e. The predicted molar refractivity (Wildman–Crippen MR) is 62.0 cm³/mol. The topological polar surface area (TPSA) is 72.2 Å². The minimum absolute atomic E-state index is 0.212. The van der Waals surface area contributed by atoms with Gasteiger partial charge >= 0.3 is 0 Å². The van der Waals surface area contributed by atoms with Gasteiger partial charge in [-0.3, -0.25) is 0 Å². The Morgan fingerprint density at radius 2 is 2.00 bits per heavy atom. The molecule has 0 aliphatic heterocycles. The van der Waals surface area contributed by atoms with Crippen LogP contribution in [0.15, 0.2) is 0 Å². The van der Waals surface area contributed by atoms with Gasteiger partial charge in [-0.25, -0.2) is 13.1 Å². The summed E-state index contributed by atoms with van der Waals surface area (Å²) in [5.74, 6) is 0.212. The van der Waals surface area contributed by atoms with E-state index in [1.807, 2.05) is 0 Å². The van der Waals surface area contributed by atoms with Gasteiger partial charge in [-0.1, -0.05) is 6.92 Å². The van der Waals surface area contributed by atoms with Crippen LogP contribution >= 0.6 is 0 Å². The molecule has 0 amide bonds. The van der Waals surface area contributed by atoms with Crippen molar-refractivity contribution in [2.45, 2.75) is 39.0 Å². The first kappa shape index (κ1) is 12.9. The Kier molecular flexibility index (Phi) is 4.55. The average Bonchev–Trinajstić information content (AvgIpc) is 2.96. The van der Waals surface area contributed by atoms with Crippen molar-refractivity contribution in [3.63, 3.8) is 0 Å². The summed E-state index contributed by atoms with van der Waals surface area (Å²) in [6.45, 7) is 3.30. The molecule has 15 heavy (non-hydrogen) atoms.